The maximum Gasteiger partial charge on any atom is 0.237 e. The predicted octanol–water partition coefficient (Wildman–Crippen LogP) is 2.71. The van der Waals surface area contributed by atoms with Crippen molar-refractivity contribution < 1.29 is 9.59 Å². The Bertz CT molecular complexity index is 706. The SMILES string of the molecule is O=C(CSC1CCc2ccccc2NC1=O)Nc1ccncc1. The van der Waals surface area contributed by atoms with E-state index in [2.05, 4.69) is 15.6 Å². The van der Waals surface area contributed by atoms with Gasteiger partial charge in [0.15, 0.2) is 0 Å². The number of carbonyl (C=O) groups excluding carboxylic acids is 2. The minimum absolute atomic E-state index is 0.0309. The van der Waals surface area contributed by atoms with Gasteiger partial charge in [0.25, 0.3) is 0 Å². The topological polar surface area (TPSA) is 71.1 Å². The lowest BCUT2D eigenvalue weighted by molar-refractivity contribution is -0.115. The molecule has 0 radical (unpaired) electrons. The summed E-state index contributed by atoms with van der Waals surface area (Å²) in [5.74, 6) is 0.101. The number of fused-ring (bicyclic) bond motifs is 1. The number of thioether (sulfide) groups is 1. The first kappa shape index (κ1) is 15.6. The Morgan fingerprint density at radius 2 is 2.04 bits per heavy atom. The van der Waals surface area contributed by atoms with E-state index in [0.717, 1.165) is 24.1 Å². The maximum absolute atomic E-state index is 12.3. The van der Waals surface area contributed by atoms with Gasteiger partial charge in [0.2, 0.25) is 11.8 Å². The summed E-state index contributed by atoms with van der Waals surface area (Å²) in [4.78, 5) is 28.2. The van der Waals surface area contributed by atoms with Crippen LogP contribution < -0.4 is 10.6 Å². The van der Waals surface area contributed by atoms with E-state index in [1.165, 1.54) is 11.8 Å². The van der Waals surface area contributed by atoms with Crippen molar-refractivity contribution in [3.05, 3.63) is 54.4 Å². The molecule has 118 valence electrons. The van der Waals surface area contributed by atoms with Crippen LogP contribution in [0.3, 0.4) is 0 Å². The largest absolute Gasteiger partial charge is 0.325 e. The number of para-hydroxylation sites is 1. The lowest BCUT2D eigenvalue weighted by atomic mass is 10.1. The number of nitrogens with one attached hydrogen (secondary N) is 2. The van der Waals surface area contributed by atoms with Crippen LogP contribution in [0, 0.1) is 0 Å². The van der Waals surface area contributed by atoms with Gasteiger partial charge in [-0.05, 0) is 36.6 Å². The van der Waals surface area contributed by atoms with Crippen molar-refractivity contribution in [1.29, 1.82) is 0 Å². The third-order valence-electron chi connectivity index (χ3n) is 3.62. The summed E-state index contributed by atoms with van der Waals surface area (Å²) in [7, 11) is 0. The Hall–Kier alpha value is -2.34. The van der Waals surface area contributed by atoms with Crippen molar-refractivity contribution in [1.82, 2.24) is 4.98 Å². The van der Waals surface area contributed by atoms with Gasteiger partial charge in [0.1, 0.15) is 0 Å². The van der Waals surface area contributed by atoms with Crippen LogP contribution in [0.25, 0.3) is 0 Å². The molecule has 1 aliphatic rings. The lowest BCUT2D eigenvalue weighted by Crippen LogP contribution is -2.26. The number of amides is 2. The minimum Gasteiger partial charge on any atom is -0.325 e. The monoisotopic (exact) mass is 327 g/mol. The first-order valence-corrected chi connectivity index (χ1v) is 8.47. The van der Waals surface area contributed by atoms with Gasteiger partial charge in [-0.1, -0.05) is 18.2 Å². The van der Waals surface area contributed by atoms with E-state index in [1.54, 1.807) is 24.5 Å². The molecule has 2 amide bonds. The van der Waals surface area contributed by atoms with Crippen molar-refractivity contribution in [2.24, 2.45) is 0 Å². The molecule has 5 nitrogen and oxygen atoms in total. The molecule has 1 aliphatic heterocycles. The zero-order valence-corrected chi connectivity index (χ0v) is 13.3. The summed E-state index contributed by atoms with van der Waals surface area (Å²) in [5.41, 5.74) is 2.73. The molecular formula is C17H17N3O2S. The number of benzene rings is 1. The van der Waals surface area contributed by atoms with E-state index in [0.29, 0.717) is 5.69 Å². The molecule has 1 aromatic carbocycles. The van der Waals surface area contributed by atoms with Crippen LogP contribution in [0.5, 0.6) is 0 Å². The molecule has 0 spiro atoms. The minimum atomic E-state index is -0.217. The third kappa shape index (κ3) is 4.10. The van der Waals surface area contributed by atoms with Crippen molar-refractivity contribution in [3.8, 4) is 0 Å². The number of aromatic nitrogens is 1. The fourth-order valence-corrected chi connectivity index (χ4v) is 3.38. The maximum atomic E-state index is 12.3. The van der Waals surface area contributed by atoms with Gasteiger partial charge >= 0.3 is 0 Å². The molecule has 1 unspecified atom stereocenters. The number of nitrogens with zero attached hydrogens (tertiary/aromatic N) is 1. The molecular weight excluding hydrogens is 310 g/mol. The van der Waals surface area contributed by atoms with E-state index < -0.39 is 0 Å². The van der Waals surface area contributed by atoms with Gasteiger partial charge in [0.05, 0.1) is 11.0 Å². The lowest BCUT2D eigenvalue weighted by Gasteiger charge is -2.12. The standard InChI is InChI=1S/C17H17N3O2S/c21-16(19-13-7-9-18-10-8-13)11-23-15-6-5-12-3-1-2-4-14(12)20-17(15)22/h1-4,7-10,15H,5-6,11H2,(H,20,22)(H,18,19,21). The van der Waals surface area contributed by atoms with Gasteiger partial charge in [0, 0.05) is 23.8 Å². The molecule has 1 atom stereocenters. The normalized spacial score (nSPS) is 16.9. The fraction of sp³-hybridized carbons (Fsp3) is 0.235. The van der Waals surface area contributed by atoms with Gasteiger partial charge < -0.3 is 10.6 Å². The molecule has 0 aliphatic carbocycles. The molecule has 6 heteroatoms. The summed E-state index contributed by atoms with van der Waals surface area (Å²) in [6, 6.07) is 11.3. The van der Waals surface area contributed by atoms with Crippen LogP contribution in [0.1, 0.15) is 12.0 Å². The van der Waals surface area contributed by atoms with Crippen LogP contribution in [0.2, 0.25) is 0 Å². The van der Waals surface area contributed by atoms with E-state index in [1.807, 2.05) is 24.3 Å². The van der Waals surface area contributed by atoms with E-state index in [-0.39, 0.29) is 22.8 Å². The Morgan fingerprint density at radius 1 is 1.26 bits per heavy atom. The summed E-state index contributed by atoms with van der Waals surface area (Å²) in [6.45, 7) is 0. The number of aryl methyl sites for hydroxylation is 1. The van der Waals surface area contributed by atoms with Crippen LogP contribution in [-0.4, -0.2) is 27.8 Å². The highest BCUT2D eigenvalue weighted by Gasteiger charge is 2.24. The summed E-state index contributed by atoms with van der Waals surface area (Å²) in [5, 5.41) is 5.53. The highest BCUT2D eigenvalue weighted by Crippen LogP contribution is 2.27. The zero-order valence-electron chi connectivity index (χ0n) is 12.5. The highest BCUT2D eigenvalue weighted by molar-refractivity contribution is 8.01. The molecule has 3 rings (SSSR count). The van der Waals surface area contributed by atoms with Crippen molar-refractivity contribution in [2.75, 3.05) is 16.4 Å². The number of rotatable bonds is 4. The molecule has 2 heterocycles. The number of pyridine rings is 1. The molecule has 0 fully saturated rings. The van der Waals surface area contributed by atoms with E-state index in [9.17, 15) is 9.59 Å². The number of hydrogen-bond donors (Lipinski definition) is 2. The van der Waals surface area contributed by atoms with Crippen LogP contribution in [0.15, 0.2) is 48.8 Å². The third-order valence-corrected chi connectivity index (χ3v) is 4.90. The van der Waals surface area contributed by atoms with Gasteiger partial charge in [-0.15, -0.1) is 11.8 Å². The van der Waals surface area contributed by atoms with Crippen molar-refractivity contribution in [3.63, 3.8) is 0 Å². The van der Waals surface area contributed by atoms with Crippen molar-refractivity contribution in [2.45, 2.75) is 18.1 Å². The number of anilines is 2. The molecule has 0 bridgehead atoms. The zero-order chi connectivity index (χ0) is 16.1. The van der Waals surface area contributed by atoms with E-state index in [4.69, 9.17) is 0 Å². The smallest absolute Gasteiger partial charge is 0.237 e. The second kappa shape index (κ2) is 7.28. The van der Waals surface area contributed by atoms with Crippen LogP contribution in [-0.2, 0) is 16.0 Å². The Kier molecular flexibility index (Phi) is 4.92. The average Bonchev–Trinajstić information content (AvgIpc) is 2.72. The molecule has 23 heavy (non-hydrogen) atoms. The molecule has 2 aromatic rings. The predicted molar refractivity (Wildman–Crippen MR) is 92.5 cm³/mol. The van der Waals surface area contributed by atoms with Crippen LogP contribution >= 0.6 is 11.8 Å². The van der Waals surface area contributed by atoms with Crippen molar-refractivity contribution >= 4 is 35.0 Å². The Labute approximate surface area is 138 Å². The second-order valence-electron chi connectivity index (χ2n) is 5.27. The second-order valence-corrected chi connectivity index (χ2v) is 6.46. The fourth-order valence-electron chi connectivity index (χ4n) is 2.46. The summed E-state index contributed by atoms with van der Waals surface area (Å²) in [6.07, 6.45) is 4.81. The molecule has 2 N–H and O–H groups in total. The Morgan fingerprint density at radius 3 is 2.87 bits per heavy atom. The number of carbonyl (C=O) groups is 2. The van der Waals surface area contributed by atoms with Gasteiger partial charge in [-0.3, -0.25) is 14.6 Å². The molecule has 0 saturated heterocycles. The number of hydrogen-bond acceptors (Lipinski definition) is 4. The summed E-state index contributed by atoms with van der Waals surface area (Å²) >= 11 is 1.38. The first-order chi connectivity index (χ1) is 11.2. The van der Waals surface area contributed by atoms with Gasteiger partial charge in [-0.25, -0.2) is 0 Å². The average molecular weight is 327 g/mol. The summed E-state index contributed by atoms with van der Waals surface area (Å²) < 4.78 is 0. The Balaban J connectivity index is 1.54. The quantitative estimate of drug-likeness (QED) is 0.906. The molecule has 1 aromatic heterocycles. The first-order valence-electron chi connectivity index (χ1n) is 7.42. The van der Waals surface area contributed by atoms with Gasteiger partial charge in [-0.2, -0.15) is 0 Å². The van der Waals surface area contributed by atoms with E-state index >= 15 is 0 Å². The highest BCUT2D eigenvalue weighted by atomic mass is 32.2. The molecule has 0 saturated carbocycles. The van der Waals surface area contributed by atoms with Crippen LogP contribution in [0.4, 0.5) is 11.4 Å².